The van der Waals surface area contributed by atoms with Crippen LogP contribution in [-0.2, 0) is 0 Å². The Morgan fingerprint density at radius 1 is 1.25 bits per heavy atom. The predicted molar refractivity (Wildman–Crippen MR) is 57.9 cm³/mol. The molecule has 0 aromatic carbocycles. The zero-order valence-corrected chi connectivity index (χ0v) is 8.96. The van der Waals surface area contributed by atoms with Gasteiger partial charge in [-0.2, -0.15) is 11.8 Å². The second-order valence-corrected chi connectivity index (χ2v) is 4.77. The molecule has 0 aliphatic heterocycles. The van der Waals surface area contributed by atoms with Crippen LogP contribution < -0.4 is 5.32 Å². The van der Waals surface area contributed by atoms with E-state index in [1.54, 1.807) is 0 Å². The van der Waals surface area contributed by atoms with E-state index < -0.39 is 0 Å². The minimum Gasteiger partial charge on any atom is -0.313 e. The number of thioether (sulfide) groups is 1. The molecular formula is C10H21NS. The third-order valence-corrected chi connectivity index (χ3v) is 3.22. The lowest BCUT2D eigenvalue weighted by Crippen LogP contribution is -2.19. The molecule has 0 atom stereocenters. The molecule has 12 heavy (non-hydrogen) atoms. The average Bonchev–Trinajstić information content (AvgIpc) is 2.87. The van der Waals surface area contributed by atoms with Crippen LogP contribution in [0.15, 0.2) is 0 Å². The zero-order chi connectivity index (χ0) is 8.65. The minimum absolute atomic E-state index is 0.890. The summed E-state index contributed by atoms with van der Waals surface area (Å²) in [5.41, 5.74) is 0. The summed E-state index contributed by atoms with van der Waals surface area (Å²) in [5.74, 6) is 2.67. The summed E-state index contributed by atoms with van der Waals surface area (Å²) in [6.07, 6.45) is 7.00. The highest BCUT2D eigenvalue weighted by atomic mass is 32.2. The molecule has 0 radical (unpaired) electrons. The SMILES string of the molecule is CCCCCSCCNC1CC1. The van der Waals surface area contributed by atoms with Crippen LogP contribution in [0.3, 0.4) is 0 Å². The highest BCUT2D eigenvalue weighted by Crippen LogP contribution is 2.18. The molecule has 1 fully saturated rings. The van der Waals surface area contributed by atoms with Gasteiger partial charge < -0.3 is 5.32 Å². The summed E-state index contributed by atoms with van der Waals surface area (Å²) in [4.78, 5) is 0. The van der Waals surface area contributed by atoms with Crippen molar-refractivity contribution in [2.45, 2.75) is 45.1 Å². The van der Waals surface area contributed by atoms with E-state index in [0.29, 0.717) is 0 Å². The van der Waals surface area contributed by atoms with Gasteiger partial charge in [0.25, 0.3) is 0 Å². The van der Waals surface area contributed by atoms with Gasteiger partial charge in [0.1, 0.15) is 0 Å². The van der Waals surface area contributed by atoms with Gasteiger partial charge in [-0.25, -0.2) is 0 Å². The van der Waals surface area contributed by atoms with Crippen LogP contribution >= 0.6 is 11.8 Å². The number of hydrogen-bond donors (Lipinski definition) is 1. The number of hydrogen-bond acceptors (Lipinski definition) is 2. The summed E-state index contributed by atoms with van der Waals surface area (Å²) in [5, 5.41) is 3.53. The van der Waals surface area contributed by atoms with Gasteiger partial charge in [-0.15, -0.1) is 0 Å². The van der Waals surface area contributed by atoms with Crippen molar-refractivity contribution in [3.05, 3.63) is 0 Å². The molecule has 1 saturated carbocycles. The highest BCUT2D eigenvalue weighted by molar-refractivity contribution is 7.99. The van der Waals surface area contributed by atoms with Crippen molar-refractivity contribution in [1.29, 1.82) is 0 Å². The van der Waals surface area contributed by atoms with Crippen LogP contribution in [-0.4, -0.2) is 24.1 Å². The van der Waals surface area contributed by atoms with Crippen molar-refractivity contribution in [2.24, 2.45) is 0 Å². The Hall–Kier alpha value is 0.310. The first-order valence-corrected chi connectivity index (χ1v) is 6.40. The van der Waals surface area contributed by atoms with E-state index in [4.69, 9.17) is 0 Å². The van der Waals surface area contributed by atoms with Gasteiger partial charge in [-0.3, -0.25) is 0 Å². The van der Waals surface area contributed by atoms with Crippen LogP contribution in [0.25, 0.3) is 0 Å². The fourth-order valence-electron chi connectivity index (χ4n) is 1.18. The molecule has 1 N–H and O–H groups in total. The van der Waals surface area contributed by atoms with Crippen molar-refractivity contribution in [2.75, 3.05) is 18.1 Å². The Labute approximate surface area is 80.7 Å². The van der Waals surface area contributed by atoms with E-state index in [-0.39, 0.29) is 0 Å². The van der Waals surface area contributed by atoms with Gasteiger partial charge in [0.05, 0.1) is 0 Å². The fraction of sp³-hybridized carbons (Fsp3) is 1.00. The standard InChI is InChI=1S/C10H21NS/c1-2-3-4-8-12-9-7-11-10-5-6-10/h10-11H,2-9H2,1H3. The van der Waals surface area contributed by atoms with E-state index in [9.17, 15) is 0 Å². The Morgan fingerprint density at radius 3 is 2.75 bits per heavy atom. The monoisotopic (exact) mass is 187 g/mol. The fourth-order valence-corrected chi connectivity index (χ4v) is 2.05. The van der Waals surface area contributed by atoms with Crippen molar-refractivity contribution in [3.8, 4) is 0 Å². The minimum atomic E-state index is 0.890. The van der Waals surface area contributed by atoms with E-state index in [2.05, 4.69) is 24.0 Å². The van der Waals surface area contributed by atoms with Crippen LogP contribution in [0.5, 0.6) is 0 Å². The molecule has 72 valence electrons. The van der Waals surface area contributed by atoms with E-state index in [1.807, 2.05) is 0 Å². The van der Waals surface area contributed by atoms with Gasteiger partial charge in [0, 0.05) is 18.3 Å². The molecule has 0 amide bonds. The molecule has 0 unspecified atom stereocenters. The third-order valence-electron chi connectivity index (χ3n) is 2.15. The Balaban J connectivity index is 1.65. The van der Waals surface area contributed by atoms with Crippen LogP contribution in [0.1, 0.15) is 39.0 Å². The number of unbranched alkanes of at least 4 members (excludes halogenated alkanes) is 2. The maximum atomic E-state index is 3.53. The average molecular weight is 187 g/mol. The molecule has 0 aromatic rings. The van der Waals surface area contributed by atoms with Crippen molar-refractivity contribution in [3.63, 3.8) is 0 Å². The van der Waals surface area contributed by atoms with Crippen LogP contribution in [0.4, 0.5) is 0 Å². The lowest BCUT2D eigenvalue weighted by Gasteiger charge is -2.01. The van der Waals surface area contributed by atoms with Crippen molar-refractivity contribution >= 4 is 11.8 Å². The van der Waals surface area contributed by atoms with Gasteiger partial charge in [0.15, 0.2) is 0 Å². The molecular weight excluding hydrogens is 166 g/mol. The summed E-state index contributed by atoms with van der Waals surface area (Å²) < 4.78 is 0. The predicted octanol–water partition coefficient (Wildman–Crippen LogP) is 2.66. The Bertz CT molecular complexity index is 102. The molecule has 0 aromatic heterocycles. The topological polar surface area (TPSA) is 12.0 Å². The summed E-state index contributed by atoms with van der Waals surface area (Å²) in [6, 6.07) is 0.890. The van der Waals surface area contributed by atoms with Gasteiger partial charge in [0.2, 0.25) is 0 Å². The summed E-state index contributed by atoms with van der Waals surface area (Å²) in [6.45, 7) is 3.49. The molecule has 0 spiro atoms. The summed E-state index contributed by atoms with van der Waals surface area (Å²) in [7, 11) is 0. The van der Waals surface area contributed by atoms with E-state index in [0.717, 1.165) is 6.04 Å². The Morgan fingerprint density at radius 2 is 2.08 bits per heavy atom. The first-order chi connectivity index (χ1) is 5.93. The molecule has 2 heteroatoms. The maximum absolute atomic E-state index is 3.53. The van der Waals surface area contributed by atoms with Gasteiger partial charge in [-0.05, 0) is 25.0 Å². The summed E-state index contributed by atoms with van der Waals surface area (Å²) >= 11 is 2.10. The second kappa shape index (κ2) is 6.79. The van der Waals surface area contributed by atoms with Crippen LogP contribution in [0.2, 0.25) is 0 Å². The number of nitrogens with one attached hydrogen (secondary N) is 1. The van der Waals surface area contributed by atoms with Crippen LogP contribution in [0, 0.1) is 0 Å². The molecule has 1 aliphatic rings. The molecule has 1 nitrogen and oxygen atoms in total. The second-order valence-electron chi connectivity index (χ2n) is 3.55. The first kappa shape index (κ1) is 10.4. The van der Waals surface area contributed by atoms with Crippen molar-refractivity contribution < 1.29 is 0 Å². The first-order valence-electron chi connectivity index (χ1n) is 5.24. The lowest BCUT2D eigenvalue weighted by molar-refractivity contribution is 0.725. The smallest absolute Gasteiger partial charge is 0.00685 e. The molecule has 0 saturated heterocycles. The van der Waals surface area contributed by atoms with E-state index >= 15 is 0 Å². The van der Waals surface area contributed by atoms with Gasteiger partial charge in [-0.1, -0.05) is 19.8 Å². The normalized spacial score (nSPS) is 16.8. The van der Waals surface area contributed by atoms with Gasteiger partial charge >= 0.3 is 0 Å². The zero-order valence-electron chi connectivity index (χ0n) is 8.14. The quantitative estimate of drug-likeness (QED) is 0.586. The number of rotatable bonds is 8. The Kier molecular flexibility index (Phi) is 5.88. The third kappa shape index (κ3) is 5.90. The van der Waals surface area contributed by atoms with Crippen molar-refractivity contribution in [1.82, 2.24) is 5.32 Å². The lowest BCUT2D eigenvalue weighted by atomic mass is 10.3. The maximum Gasteiger partial charge on any atom is 0.00685 e. The highest BCUT2D eigenvalue weighted by Gasteiger charge is 2.19. The molecule has 1 aliphatic carbocycles. The molecule has 1 rings (SSSR count). The van der Waals surface area contributed by atoms with E-state index in [1.165, 1.54) is 50.2 Å². The largest absolute Gasteiger partial charge is 0.313 e. The molecule has 0 bridgehead atoms. The molecule has 0 heterocycles.